The van der Waals surface area contributed by atoms with Crippen LogP contribution in [0.5, 0.6) is 0 Å². The molecule has 1 aliphatic rings. The summed E-state index contributed by atoms with van der Waals surface area (Å²) in [5, 5.41) is 0.00749. The first-order chi connectivity index (χ1) is 12.6. The van der Waals surface area contributed by atoms with E-state index in [-0.39, 0.29) is 34.5 Å². The Balaban J connectivity index is 2.23. The Labute approximate surface area is 153 Å². The largest absolute Gasteiger partial charge is 0.370 e. The van der Waals surface area contributed by atoms with Crippen LogP contribution in [0.3, 0.4) is 0 Å². The normalized spacial score (nSPS) is 14.5. The van der Waals surface area contributed by atoms with Gasteiger partial charge in [0.05, 0.1) is 15.6 Å². The van der Waals surface area contributed by atoms with E-state index in [4.69, 9.17) is 17.2 Å². The highest BCUT2D eigenvalue weighted by atomic mass is 32.2. The van der Waals surface area contributed by atoms with Crippen molar-refractivity contribution in [3.63, 3.8) is 0 Å². The van der Waals surface area contributed by atoms with Crippen LogP contribution < -0.4 is 32.6 Å². The molecule has 1 heterocycles. The monoisotopic (exact) mass is 395 g/mol. The molecule has 0 fully saturated rings. The van der Waals surface area contributed by atoms with Crippen LogP contribution in [0.25, 0.3) is 0 Å². The number of nitrogens with one attached hydrogen (secondary N) is 1. The maximum absolute atomic E-state index is 12.5. The molecule has 1 aromatic rings. The molecular weight excluding hydrogens is 378 g/mol. The molecule has 2 rings (SSSR count). The summed E-state index contributed by atoms with van der Waals surface area (Å²) in [6.45, 7) is 0.198. The lowest BCUT2D eigenvalue weighted by molar-refractivity contribution is -0.135. The Kier molecular flexibility index (Phi) is 5.97. The van der Waals surface area contributed by atoms with Gasteiger partial charge in [0.15, 0.2) is 5.96 Å². The third-order valence-corrected chi connectivity index (χ3v) is 4.94. The summed E-state index contributed by atoms with van der Waals surface area (Å²) in [5.74, 6) is -3.13. The zero-order valence-corrected chi connectivity index (χ0v) is 14.8. The molecule has 1 atom stereocenters. The highest BCUT2D eigenvalue weighted by molar-refractivity contribution is 7.89. The third-order valence-electron chi connectivity index (χ3n) is 3.47. The minimum Gasteiger partial charge on any atom is -0.370 e. The number of hydrogen-bond donors (Lipinski definition) is 4. The van der Waals surface area contributed by atoms with Crippen molar-refractivity contribution < 1.29 is 22.8 Å². The Hall–Kier alpha value is -3.19. The second-order valence-corrected chi connectivity index (χ2v) is 7.22. The average molecular weight is 395 g/mol. The Morgan fingerprint density at radius 2 is 1.74 bits per heavy atom. The van der Waals surface area contributed by atoms with E-state index in [1.807, 2.05) is 0 Å². The molecule has 0 saturated carbocycles. The number of guanidine groups is 1. The van der Waals surface area contributed by atoms with Gasteiger partial charge in [-0.1, -0.05) is 0 Å². The predicted molar refractivity (Wildman–Crippen MR) is 92.0 cm³/mol. The molecule has 0 aromatic heterocycles. The number of primary amides is 1. The molecule has 3 amide bonds. The van der Waals surface area contributed by atoms with Gasteiger partial charge < -0.3 is 17.2 Å². The van der Waals surface area contributed by atoms with Gasteiger partial charge in [0.25, 0.3) is 0 Å². The molecule has 13 heteroatoms. The Bertz CT molecular complexity index is 1040. The van der Waals surface area contributed by atoms with Gasteiger partial charge in [-0.25, -0.2) is 18.4 Å². The topological polar surface area (TPSA) is 213 Å². The summed E-state index contributed by atoms with van der Waals surface area (Å²) in [7, 11) is -4.16. The van der Waals surface area contributed by atoms with Crippen LogP contribution in [0.15, 0.2) is 38.1 Å². The Morgan fingerprint density at radius 1 is 1.11 bits per heavy atom. The van der Waals surface area contributed by atoms with Crippen molar-refractivity contribution in [2.45, 2.75) is 23.8 Å². The van der Waals surface area contributed by atoms with Crippen LogP contribution in [0.4, 0.5) is 0 Å². The van der Waals surface area contributed by atoms with E-state index in [1.165, 1.54) is 12.1 Å². The molecule has 0 bridgehead atoms. The fourth-order valence-corrected chi connectivity index (χ4v) is 3.45. The average Bonchev–Trinajstić information content (AvgIpc) is 2.57. The molecular formula is C14H17N7O5S. The minimum atomic E-state index is -4.16. The van der Waals surface area contributed by atoms with Gasteiger partial charge in [-0.3, -0.25) is 19.4 Å². The number of carbonyl (C=O) groups is 3. The fraction of sp³-hybridized carbons (Fsp3) is 0.286. The molecule has 0 unspecified atom stereocenters. The first-order valence-electron chi connectivity index (χ1n) is 7.63. The van der Waals surface area contributed by atoms with Crippen molar-refractivity contribution in [3.8, 4) is 0 Å². The summed E-state index contributed by atoms with van der Waals surface area (Å²) >= 11 is 0. The van der Waals surface area contributed by atoms with Crippen molar-refractivity contribution in [1.29, 1.82) is 0 Å². The number of carbonyl (C=O) groups excluding carboxylic acids is 3. The summed E-state index contributed by atoms with van der Waals surface area (Å²) in [5.41, 5.74) is 15.6. The summed E-state index contributed by atoms with van der Waals surface area (Å²) < 4.78 is 27.2. The maximum Gasteiger partial charge on any atom is 0.338 e. The van der Waals surface area contributed by atoms with Crippen molar-refractivity contribution >= 4 is 33.7 Å². The molecule has 0 spiro atoms. The molecule has 0 radical (unpaired) electrons. The molecule has 1 aromatic carbocycles. The second-order valence-electron chi connectivity index (χ2n) is 5.51. The van der Waals surface area contributed by atoms with Crippen LogP contribution in [0.1, 0.15) is 12.8 Å². The quantitative estimate of drug-likeness (QED) is 0.149. The van der Waals surface area contributed by atoms with Crippen molar-refractivity contribution in [2.75, 3.05) is 6.54 Å². The summed E-state index contributed by atoms with van der Waals surface area (Å²) in [6, 6.07) is 2.28. The molecule has 0 saturated heterocycles. The first kappa shape index (κ1) is 20.1. The SMILES string of the molecule is NC(=O)[C@H](CCCN=C(N)N)NS(=O)(=O)c1ccc2c(c1)=NC(=O)C(=O)N=2. The van der Waals surface area contributed by atoms with Crippen molar-refractivity contribution in [3.05, 3.63) is 28.9 Å². The Morgan fingerprint density at radius 3 is 2.33 bits per heavy atom. The predicted octanol–water partition coefficient (Wildman–Crippen LogP) is -3.82. The van der Waals surface area contributed by atoms with E-state index in [1.54, 1.807) is 0 Å². The lowest BCUT2D eigenvalue weighted by Gasteiger charge is -2.15. The van der Waals surface area contributed by atoms with Gasteiger partial charge in [-0.05, 0) is 31.0 Å². The standard InChI is InChI=1S/C14H17N7O5S/c15-11(22)9(2-1-5-18-14(16)17)21-27(25,26)7-3-4-8-10(6-7)20-13(24)12(23)19-8/h3-4,6,9,21H,1-2,5H2,(H2,15,22)(H4,16,17,18)/t9-/m0/s1. The number of sulfonamides is 1. The van der Waals surface area contributed by atoms with Crippen LogP contribution in [0.2, 0.25) is 0 Å². The van der Waals surface area contributed by atoms with Crippen LogP contribution in [-0.4, -0.2) is 44.7 Å². The number of amides is 3. The molecule has 27 heavy (non-hydrogen) atoms. The van der Waals surface area contributed by atoms with E-state index in [0.29, 0.717) is 6.42 Å². The first-order valence-corrected chi connectivity index (χ1v) is 9.11. The molecule has 0 aliphatic carbocycles. The van der Waals surface area contributed by atoms with Crippen LogP contribution in [-0.2, 0) is 24.4 Å². The second kappa shape index (κ2) is 8.01. The molecule has 12 nitrogen and oxygen atoms in total. The molecule has 144 valence electrons. The van der Waals surface area contributed by atoms with Gasteiger partial charge in [0.1, 0.15) is 6.04 Å². The molecule has 7 N–H and O–H groups in total. The minimum absolute atomic E-state index is 0.0640. The van der Waals surface area contributed by atoms with Gasteiger partial charge >= 0.3 is 11.8 Å². The highest BCUT2D eigenvalue weighted by Crippen LogP contribution is 2.08. The number of hydrogen-bond acceptors (Lipinski definition) is 6. The number of nitrogens with zero attached hydrogens (tertiary/aromatic N) is 3. The molecule has 1 aliphatic heterocycles. The number of fused-ring (bicyclic) bond motifs is 1. The number of nitrogens with two attached hydrogens (primary N) is 3. The highest BCUT2D eigenvalue weighted by Gasteiger charge is 2.24. The smallest absolute Gasteiger partial charge is 0.338 e. The lowest BCUT2D eigenvalue weighted by Crippen LogP contribution is -2.45. The van der Waals surface area contributed by atoms with Gasteiger partial charge in [-0.15, -0.1) is 0 Å². The lowest BCUT2D eigenvalue weighted by atomic mass is 10.1. The van der Waals surface area contributed by atoms with E-state index < -0.39 is 33.8 Å². The van der Waals surface area contributed by atoms with Crippen LogP contribution >= 0.6 is 0 Å². The summed E-state index contributed by atoms with van der Waals surface area (Å²) in [6.07, 6.45) is 0.381. The van der Waals surface area contributed by atoms with E-state index in [2.05, 4.69) is 19.7 Å². The zero-order valence-electron chi connectivity index (χ0n) is 14.0. The van der Waals surface area contributed by atoms with Gasteiger partial charge in [0, 0.05) is 6.54 Å². The number of benzene rings is 1. The third kappa shape index (κ3) is 5.15. The van der Waals surface area contributed by atoms with E-state index in [9.17, 15) is 22.8 Å². The van der Waals surface area contributed by atoms with Crippen molar-refractivity contribution in [1.82, 2.24) is 4.72 Å². The van der Waals surface area contributed by atoms with E-state index in [0.717, 1.165) is 6.07 Å². The number of aliphatic imine (C=N–C) groups is 1. The van der Waals surface area contributed by atoms with Gasteiger partial charge in [0.2, 0.25) is 15.9 Å². The summed E-state index contributed by atoms with van der Waals surface area (Å²) in [4.78, 5) is 44.5. The zero-order chi connectivity index (χ0) is 20.2. The van der Waals surface area contributed by atoms with E-state index >= 15 is 0 Å². The van der Waals surface area contributed by atoms with Crippen molar-refractivity contribution in [2.24, 2.45) is 32.2 Å². The van der Waals surface area contributed by atoms with Crippen LogP contribution in [0, 0.1) is 0 Å². The van der Waals surface area contributed by atoms with Gasteiger partial charge in [-0.2, -0.15) is 4.72 Å². The number of rotatable bonds is 8. The maximum atomic E-state index is 12.5. The fourth-order valence-electron chi connectivity index (χ4n) is 2.19.